The lowest BCUT2D eigenvalue weighted by Crippen LogP contribution is -2.18. The van der Waals surface area contributed by atoms with Gasteiger partial charge in [0.05, 0.1) is 18.3 Å². The zero-order valence-electron chi connectivity index (χ0n) is 13.3. The first-order chi connectivity index (χ1) is 12.3. The molecule has 0 aliphatic carbocycles. The van der Waals surface area contributed by atoms with Gasteiger partial charge in [-0.3, -0.25) is 14.8 Å². The number of carbonyl (C=O) groups excluding carboxylic acids is 1. The molecule has 2 heterocycles. The summed E-state index contributed by atoms with van der Waals surface area (Å²) in [6, 6.07) is 3.98. The van der Waals surface area contributed by atoms with Gasteiger partial charge in [0, 0.05) is 12.1 Å². The molecule has 1 amide bonds. The molecule has 0 bridgehead atoms. The topological polar surface area (TPSA) is 115 Å². The summed E-state index contributed by atoms with van der Waals surface area (Å²) in [4.78, 5) is 27.4. The number of aryl methyl sites for hydroxylation is 1. The van der Waals surface area contributed by atoms with Crippen LogP contribution in [0.5, 0.6) is 0 Å². The average molecular weight is 379 g/mol. The Balaban J connectivity index is 1.74. The Morgan fingerprint density at radius 2 is 2.15 bits per heavy atom. The molecule has 11 heteroatoms. The summed E-state index contributed by atoms with van der Waals surface area (Å²) in [5, 5.41) is 19.6. The van der Waals surface area contributed by atoms with Gasteiger partial charge in [-0.25, -0.2) is 18.9 Å². The van der Waals surface area contributed by atoms with E-state index in [-0.39, 0.29) is 28.8 Å². The number of carbonyl (C=O) groups is 2. The average Bonchev–Trinajstić information content (AvgIpc) is 3.16. The maximum absolute atomic E-state index is 13.1. The predicted octanol–water partition coefficient (Wildman–Crippen LogP) is 1.80. The molecule has 0 unspecified atom stereocenters. The van der Waals surface area contributed by atoms with E-state index in [2.05, 4.69) is 20.5 Å². The predicted molar refractivity (Wildman–Crippen MR) is 88.7 cm³/mol. The number of nitrogens with zero attached hydrogens (tertiary/aromatic N) is 5. The van der Waals surface area contributed by atoms with Gasteiger partial charge in [0.15, 0.2) is 5.69 Å². The Hall–Kier alpha value is -3.27. The molecular formula is C15H12ClFN6O3. The van der Waals surface area contributed by atoms with Crippen LogP contribution < -0.4 is 5.32 Å². The first kappa shape index (κ1) is 17.5. The lowest BCUT2D eigenvalue weighted by molar-refractivity contribution is 0.0680. The van der Waals surface area contributed by atoms with E-state index in [0.29, 0.717) is 5.56 Å². The van der Waals surface area contributed by atoms with Crippen LogP contribution in [-0.4, -0.2) is 41.5 Å². The molecular weight excluding hydrogens is 367 g/mol. The van der Waals surface area contributed by atoms with Crippen molar-refractivity contribution in [3.8, 4) is 0 Å². The summed E-state index contributed by atoms with van der Waals surface area (Å²) in [6.07, 6.45) is 2.50. The number of benzene rings is 1. The molecule has 26 heavy (non-hydrogen) atoms. The van der Waals surface area contributed by atoms with E-state index >= 15 is 0 Å². The Labute approximate surface area is 151 Å². The molecule has 3 aromatic rings. The highest BCUT2D eigenvalue weighted by atomic mass is 35.5. The number of aromatic nitrogens is 5. The van der Waals surface area contributed by atoms with Crippen molar-refractivity contribution in [2.75, 3.05) is 5.32 Å². The van der Waals surface area contributed by atoms with E-state index in [4.69, 9.17) is 16.7 Å². The van der Waals surface area contributed by atoms with E-state index in [1.54, 1.807) is 0 Å². The first-order valence-corrected chi connectivity index (χ1v) is 7.63. The zero-order chi connectivity index (χ0) is 18.8. The van der Waals surface area contributed by atoms with Crippen molar-refractivity contribution in [3.63, 3.8) is 0 Å². The lowest BCUT2D eigenvalue weighted by Gasteiger charge is -2.04. The van der Waals surface area contributed by atoms with Crippen LogP contribution in [0.3, 0.4) is 0 Å². The van der Waals surface area contributed by atoms with Crippen molar-refractivity contribution >= 4 is 29.4 Å². The number of anilines is 1. The number of halogens is 2. The van der Waals surface area contributed by atoms with Gasteiger partial charge in [0.1, 0.15) is 12.1 Å². The van der Waals surface area contributed by atoms with Crippen LogP contribution in [-0.2, 0) is 13.6 Å². The van der Waals surface area contributed by atoms with Crippen molar-refractivity contribution in [2.24, 2.45) is 7.05 Å². The van der Waals surface area contributed by atoms with Crippen molar-refractivity contribution in [2.45, 2.75) is 6.54 Å². The molecule has 134 valence electrons. The molecule has 0 spiro atoms. The van der Waals surface area contributed by atoms with Gasteiger partial charge in [-0.15, -0.1) is 5.10 Å². The molecule has 0 saturated heterocycles. The molecule has 0 aliphatic heterocycles. The molecule has 1 aromatic carbocycles. The molecule has 2 N–H and O–H groups in total. The molecule has 0 saturated carbocycles. The van der Waals surface area contributed by atoms with Crippen LogP contribution in [0.2, 0.25) is 5.02 Å². The van der Waals surface area contributed by atoms with Gasteiger partial charge in [-0.1, -0.05) is 17.7 Å². The Bertz CT molecular complexity index is 999. The number of carboxylic acids is 1. The Morgan fingerprint density at radius 3 is 2.85 bits per heavy atom. The zero-order valence-corrected chi connectivity index (χ0v) is 14.1. The summed E-state index contributed by atoms with van der Waals surface area (Å²) in [5.41, 5.74) is 0.259. The standard InChI is InChI=1S/C15H12ClFN6O3/c1-22-12(14(25)26)10(5-19-22)13(24)20-15-18-7-23(21-15)6-8-2-3-9(17)4-11(8)16/h2-5,7H,6H2,1H3,(H,25,26)(H,20,21,24). The van der Waals surface area contributed by atoms with E-state index in [9.17, 15) is 14.0 Å². The third-order valence-corrected chi connectivity index (χ3v) is 3.85. The molecule has 0 aliphatic rings. The Kier molecular flexibility index (Phi) is 4.67. The summed E-state index contributed by atoms with van der Waals surface area (Å²) in [5.74, 6) is -2.45. The van der Waals surface area contributed by atoms with Gasteiger partial charge >= 0.3 is 5.97 Å². The minimum Gasteiger partial charge on any atom is -0.477 e. The number of hydrogen-bond donors (Lipinski definition) is 2. The van der Waals surface area contributed by atoms with Crippen molar-refractivity contribution < 1.29 is 19.1 Å². The third-order valence-electron chi connectivity index (χ3n) is 3.50. The largest absolute Gasteiger partial charge is 0.477 e. The fraction of sp³-hybridized carbons (Fsp3) is 0.133. The second kappa shape index (κ2) is 6.92. The fourth-order valence-corrected chi connectivity index (χ4v) is 2.51. The minimum absolute atomic E-state index is 0.0200. The Morgan fingerprint density at radius 1 is 1.38 bits per heavy atom. The van der Waals surface area contributed by atoms with Crippen LogP contribution >= 0.6 is 11.6 Å². The van der Waals surface area contributed by atoms with E-state index in [1.807, 2.05) is 0 Å². The van der Waals surface area contributed by atoms with Crippen LogP contribution in [0.1, 0.15) is 26.4 Å². The highest BCUT2D eigenvalue weighted by Gasteiger charge is 2.22. The van der Waals surface area contributed by atoms with E-state index < -0.39 is 17.7 Å². The van der Waals surface area contributed by atoms with E-state index in [0.717, 1.165) is 10.9 Å². The number of rotatable bonds is 5. The van der Waals surface area contributed by atoms with Gasteiger partial charge in [-0.05, 0) is 17.7 Å². The van der Waals surface area contributed by atoms with Gasteiger partial charge in [-0.2, -0.15) is 5.10 Å². The lowest BCUT2D eigenvalue weighted by atomic mass is 10.2. The first-order valence-electron chi connectivity index (χ1n) is 7.25. The van der Waals surface area contributed by atoms with Crippen LogP contribution in [0, 0.1) is 5.82 Å². The van der Waals surface area contributed by atoms with Crippen molar-refractivity contribution in [3.05, 3.63) is 58.4 Å². The summed E-state index contributed by atoms with van der Waals surface area (Å²) >= 11 is 5.96. The van der Waals surface area contributed by atoms with Gasteiger partial charge in [0.2, 0.25) is 5.95 Å². The van der Waals surface area contributed by atoms with Gasteiger partial charge < -0.3 is 5.11 Å². The SMILES string of the molecule is Cn1ncc(C(=O)Nc2ncn(Cc3ccc(F)cc3Cl)n2)c1C(=O)O. The summed E-state index contributed by atoms with van der Waals surface area (Å²) in [7, 11) is 1.42. The molecule has 9 nitrogen and oxygen atoms in total. The molecule has 0 fully saturated rings. The second-order valence-electron chi connectivity index (χ2n) is 5.29. The number of hydrogen-bond acceptors (Lipinski definition) is 5. The quantitative estimate of drug-likeness (QED) is 0.699. The second-order valence-corrected chi connectivity index (χ2v) is 5.70. The molecule has 2 aromatic heterocycles. The highest BCUT2D eigenvalue weighted by molar-refractivity contribution is 6.31. The van der Waals surface area contributed by atoms with Crippen LogP contribution in [0.15, 0.2) is 30.7 Å². The van der Waals surface area contributed by atoms with Crippen LogP contribution in [0.4, 0.5) is 10.3 Å². The maximum atomic E-state index is 13.1. The monoisotopic (exact) mass is 378 g/mol. The van der Waals surface area contributed by atoms with E-state index in [1.165, 1.54) is 36.3 Å². The smallest absolute Gasteiger partial charge is 0.354 e. The number of nitrogens with one attached hydrogen (secondary N) is 1. The number of aromatic carboxylic acids is 1. The third kappa shape index (κ3) is 3.54. The fourth-order valence-electron chi connectivity index (χ4n) is 2.28. The molecule has 0 radical (unpaired) electrons. The van der Waals surface area contributed by atoms with Crippen molar-refractivity contribution in [1.82, 2.24) is 24.5 Å². The normalized spacial score (nSPS) is 10.7. The summed E-state index contributed by atoms with van der Waals surface area (Å²) < 4.78 is 15.6. The number of amides is 1. The number of carboxylic acid groups (broad SMARTS) is 1. The minimum atomic E-state index is -1.28. The molecule has 0 atom stereocenters. The highest BCUT2D eigenvalue weighted by Crippen LogP contribution is 2.18. The molecule has 3 rings (SSSR count). The van der Waals surface area contributed by atoms with Crippen LogP contribution in [0.25, 0.3) is 0 Å². The van der Waals surface area contributed by atoms with Gasteiger partial charge in [0.25, 0.3) is 5.91 Å². The van der Waals surface area contributed by atoms with Crippen molar-refractivity contribution in [1.29, 1.82) is 0 Å². The maximum Gasteiger partial charge on any atom is 0.354 e. The summed E-state index contributed by atoms with van der Waals surface area (Å²) in [6.45, 7) is 0.218.